The van der Waals surface area contributed by atoms with Crippen molar-refractivity contribution < 1.29 is 17.0 Å². The van der Waals surface area contributed by atoms with E-state index >= 15 is 0 Å². The number of fused-ring (bicyclic) bond motifs is 1. The Bertz CT molecular complexity index is 532. The molecule has 0 amide bonds. The standard InChI is InChI=1S/C12H10ClN2.ClH/c13-5-6-15-8-10-3-1-2-4-12(10)11(7-14)9-15;/h1-4,8-9H,5-6H2;1H/q+1;/p-1. The second-order valence-electron chi connectivity index (χ2n) is 3.30. The van der Waals surface area contributed by atoms with E-state index < -0.39 is 0 Å². The summed E-state index contributed by atoms with van der Waals surface area (Å²) in [6.45, 7) is 0.723. The van der Waals surface area contributed by atoms with Crippen molar-refractivity contribution in [3.8, 4) is 6.07 Å². The number of hydrogen-bond donors (Lipinski definition) is 0. The first-order valence-electron chi connectivity index (χ1n) is 4.73. The summed E-state index contributed by atoms with van der Waals surface area (Å²) in [7, 11) is 0. The van der Waals surface area contributed by atoms with Crippen LogP contribution in [0.5, 0.6) is 0 Å². The van der Waals surface area contributed by atoms with Gasteiger partial charge in [-0.05, 0) is 6.07 Å². The van der Waals surface area contributed by atoms with Crippen molar-refractivity contribution in [3.05, 3.63) is 42.2 Å². The lowest BCUT2D eigenvalue weighted by molar-refractivity contribution is -0.691. The van der Waals surface area contributed by atoms with Crippen LogP contribution in [-0.2, 0) is 6.54 Å². The van der Waals surface area contributed by atoms with Crippen LogP contribution < -0.4 is 17.0 Å². The lowest BCUT2D eigenvalue weighted by Crippen LogP contribution is -3.00. The number of rotatable bonds is 2. The van der Waals surface area contributed by atoms with Gasteiger partial charge < -0.3 is 12.4 Å². The molecule has 16 heavy (non-hydrogen) atoms. The maximum absolute atomic E-state index is 9.03. The fourth-order valence-corrected chi connectivity index (χ4v) is 1.82. The van der Waals surface area contributed by atoms with E-state index in [1.165, 1.54) is 0 Å². The summed E-state index contributed by atoms with van der Waals surface area (Å²) in [5.41, 5.74) is 0.693. The van der Waals surface area contributed by atoms with Gasteiger partial charge in [-0.2, -0.15) is 5.26 Å². The summed E-state index contributed by atoms with van der Waals surface area (Å²) in [4.78, 5) is 0. The predicted molar refractivity (Wildman–Crippen MR) is 59.6 cm³/mol. The molecule has 0 fully saturated rings. The molecule has 2 aromatic rings. The van der Waals surface area contributed by atoms with Crippen molar-refractivity contribution in [1.82, 2.24) is 0 Å². The number of aromatic nitrogens is 1. The Kier molecular flexibility index (Phi) is 4.54. The molecule has 1 aromatic carbocycles. The molecule has 0 aliphatic heterocycles. The van der Waals surface area contributed by atoms with Gasteiger partial charge in [-0.25, -0.2) is 4.57 Å². The van der Waals surface area contributed by atoms with Gasteiger partial charge in [0.25, 0.3) is 0 Å². The Hall–Kier alpha value is -1.30. The minimum Gasteiger partial charge on any atom is -1.00 e. The zero-order chi connectivity index (χ0) is 10.7. The van der Waals surface area contributed by atoms with E-state index in [1.54, 1.807) is 0 Å². The Labute approximate surface area is 105 Å². The van der Waals surface area contributed by atoms with E-state index in [1.807, 2.05) is 41.2 Å². The smallest absolute Gasteiger partial charge is 0.187 e. The highest BCUT2D eigenvalue weighted by Crippen LogP contribution is 2.14. The number of nitriles is 1. The number of benzene rings is 1. The Morgan fingerprint density at radius 1 is 1.25 bits per heavy atom. The molecule has 0 N–H and O–H groups in total. The average molecular weight is 253 g/mol. The normalized spacial score (nSPS) is 9.50. The van der Waals surface area contributed by atoms with Gasteiger partial charge in [-0.15, -0.1) is 11.6 Å². The third-order valence-corrected chi connectivity index (χ3v) is 2.48. The Morgan fingerprint density at radius 3 is 2.69 bits per heavy atom. The molecule has 0 unspecified atom stereocenters. The maximum atomic E-state index is 9.03. The highest BCUT2D eigenvalue weighted by Gasteiger charge is 2.08. The van der Waals surface area contributed by atoms with Gasteiger partial charge in [0.15, 0.2) is 18.9 Å². The van der Waals surface area contributed by atoms with Crippen LogP contribution in [0.15, 0.2) is 36.7 Å². The van der Waals surface area contributed by atoms with Crippen molar-refractivity contribution in [2.75, 3.05) is 5.88 Å². The van der Waals surface area contributed by atoms with Gasteiger partial charge in [0.05, 0.1) is 5.88 Å². The first-order valence-corrected chi connectivity index (χ1v) is 5.26. The molecular weight excluding hydrogens is 243 g/mol. The second-order valence-corrected chi connectivity index (χ2v) is 3.68. The first kappa shape index (κ1) is 12.8. The quantitative estimate of drug-likeness (QED) is 0.511. The molecule has 82 valence electrons. The lowest BCUT2D eigenvalue weighted by Gasteiger charge is -1.99. The highest BCUT2D eigenvalue weighted by molar-refractivity contribution is 6.17. The summed E-state index contributed by atoms with van der Waals surface area (Å²) < 4.78 is 1.95. The van der Waals surface area contributed by atoms with Crippen molar-refractivity contribution in [2.24, 2.45) is 0 Å². The largest absolute Gasteiger partial charge is 1.00 e. The molecule has 4 heteroatoms. The van der Waals surface area contributed by atoms with E-state index in [-0.39, 0.29) is 12.4 Å². The van der Waals surface area contributed by atoms with Crippen molar-refractivity contribution in [3.63, 3.8) is 0 Å². The van der Waals surface area contributed by atoms with Crippen molar-refractivity contribution >= 4 is 22.4 Å². The van der Waals surface area contributed by atoms with Crippen LogP contribution in [0, 0.1) is 11.3 Å². The van der Waals surface area contributed by atoms with Crippen LogP contribution >= 0.6 is 11.6 Å². The minimum absolute atomic E-state index is 0. The number of halogens is 2. The zero-order valence-electron chi connectivity index (χ0n) is 8.53. The van der Waals surface area contributed by atoms with Crippen LogP contribution in [-0.4, -0.2) is 5.88 Å². The maximum Gasteiger partial charge on any atom is 0.187 e. The molecule has 2 rings (SSSR count). The molecule has 0 spiro atoms. The molecule has 0 aliphatic rings. The monoisotopic (exact) mass is 252 g/mol. The van der Waals surface area contributed by atoms with E-state index in [9.17, 15) is 0 Å². The number of aryl methyl sites for hydroxylation is 1. The van der Waals surface area contributed by atoms with E-state index in [0.29, 0.717) is 11.4 Å². The molecule has 0 atom stereocenters. The summed E-state index contributed by atoms with van der Waals surface area (Å²) in [5, 5.41) is 11.1. The lowest BCUT2D eigenvalue weighted by atomic mass is 10.1. The first-order chi connectivity index (χ1) is 7.35. The van der Waals surface area contributed by atoms with Crippen LogP contribution in [0.2, 0.25) is 0 Å². The molecule has 0 radical (unpaired) electrons. The third kappa shape index (κ3) is 2.44. The van der Waals surface area contributed by atoms with Gasteiger partial charge in [-0.3, -0.25) is 0 Å². The molecule has 1 heterocycles. The predicted octanol–water partition coefficient (Wildman–Crippen LogP) is -0.758. The second kappa shape index (κ2) is 5.69. The van der Waals surface area contributed by atoms with E-state index in [4.69, 9.17) is 16.9 Å². The molecule has 0 saturated heterocycles. The van der Waals surface area contributed by atoms with Crippen LogP contribution in [0.4, 0.5) is 0 Å². The number of alkyl halides is 1. The molecule has 0 bridgehead atoms. The van der Waals surface area contributed by atoms with E-state index in [2.05, 4.69) is 6.07 Å². The van der Waals surface area contributed by atoms with Crippen LogP contribution in [0.1, 0.15) is 5.56 Å². The summed E-state index contributed by atoms with van der Waals surface area (Å²) in [6, 6.07) is 10.1. The van der Waals surface area contributed by atoms with Gasteiger partial charge in [-0.1, -0.05) is 18.2 Å². The summed E-state index contributed by atoms with van der Waals surface area (Å²) in [6.07, 6.45) is 3.85. The Balaban J connectivity index is 0.00000128. The van der Waals surface area contributed by atoms with Crippen LogP contribution in [0.3, 0.4) is 0 Å². The van der Waals surface area contributed by atoms with Crippen LogP contribution in [0.25, 0.3) is 10.8 Å². The van der Waals surface area contributed by atoms with Crippen molar-refractivity contribution in [1.29, 1.82) is 5.26 Å². The van der Waals surface area contributed by atoms with E-state index in [0.717, 1.165) is 17.3 Å². The summed E-state index contributed by atoms with van der Waals surface area (Å²) in [5.74, 6) is 0.549. The molecular formula is C12H10Cl2N2. The molecule has 0 saturated carbocycles. The van der Waals surface area contributed by atoms with Gasteiger partial charge >= 0.3 is 0 Å². The fourth-order valence-electron chi connectivity index (χ4n) is 1.62. The average Bonchev–Trinajstić information content (AvgIpc) is 2.28. The number of pyridine rings is 1. The molecule has 1 aromatic heterocycles. The van der Waals surface area contributed by atoms with Gasteiger partial charge in [0, 0.05) is 10.8 Å². The Morgan fingerprint density at radius 2 is 2.00 bits per heavy atom. The highest BCUT2D eigenvalue weighted by atomic mass is 35.5. The number of nitrogens with zero attached hydrogens (tertiary/aromatic N) is 2. The third-order valence-electron chi connectivity index (χ3n) is 2.31. The topological polar surface area (TPSA) is 27.7 Å². The molecule has 2 nitrogen and oxygen atoms in total. The molecule has 0 aliphatic carbocycles. The SMILES string of the molecule is N#Cc1c[n+](CCCl)cc2ccccc12.[Cl-]. The zero-order valence-corrected chi connectivity index (χ0v) is 10.0. The minimum atomic E-state index is 0. The number of hydrogen-bond acceptors (Lipinski definition) is 1. The fraction of sp³-hybridized carbons (Fsp3) is 0.167. The van der Waals surface area contributed by atoms with Crippen molar-refractivity contribution in [2.45, 2.75) is 6.54 Å². The van der Waals surface area contributed by atoms with Gasteiger partial charge in [0.2, 0.25) is 0 Å². The van der Waals surface area contributed by atoms with Gasteiger partial charge in [0.1, 0.15) is 11.6 Å². The summed E-state index contributed by atoms with van der Waals surface area (Å²) >= 11 is 5.68.